The van der Waals surface area contributed by atoms with E-state index in [9.17, 15) is 4.79 Å². The van der Waals surface area contributed by atoms with Crippen molar-refractivity contribution in [1.29, 1.82) is 0 Å². The van der Waals surface area contributed by atoms with Crippen LogP contribution in [0.4, 0.5) is 0 Å². The zero-order chi connectivity index (χ0) is 15.3. The summed E-state index contributed by atoms with van der Waals surface area (Å²) in [6.07, 6.45) is 3.01. The van der Waals surface area contributed by atoms with Gasteiger partial charge in [0.25, 0.3) is 0 Å². The number of hydrogen-bond acceptors (Lipinski definition) is 2. The Morgan fingerprint density at radius 1 is 1.29 bits per heavy atom. The van der Waals surface area contributed by atoms with Crippen LogP contribution < -0.4 is 10.6 Å². The van der Waals surface area contributed by atoms with E-state index in [4.69, 9.17) is 0 Å². The lowest BCUT2D eigenvalue weighted by Crippen LogP contribution is -2.53. The van der Waals surface area contributed by atoms with Gasteiger partial charge in [0.15, 0.2) is 0 Å². The number of carbonyl (C=O) groups excluding carboxylic acids is 1. The zero-order valence-corrected chi connectivity index (χ0v) is 13.5. The summed E-state index contributed by atoms with van der Waals surface area (Å²) in [6.45, 7) is 8.46. The highest BCUT2D eigenvalue weighted by molar-refractivity contribution is 5.84. The van der Waals surface area contributed by atoms with Gasteiger partial charge in [-0.25, -0.2) is 0 Å². The Labute approximate surface area is 128 Å². The van der Waals surface area contributed by atoms with Crippen LogP contribution in [0.5, 0.6) is 0 Å². The van der Waals surface area contributed by atoms with Crippen LogP contribution in [0.2, 0.25) is 0 Å². The van der Waals surface area contributed by atoms with Crippen LogP contribution >= 0.6 is 0 Å². The third kappa shape index (κ3) is 4.07. The predicted octanol–water partition coefficient (Wildman–Crippen LogP) is 3.07. The second-order valence-electron chi connectivity index (χ2n) is 6.57. The van der Waals surface area contributed by atoms with E-state index in [0.717, 1.165) is 37.9 Å². The summed E-state index contributed by atoms with van der Waals surface area (Å²) < 4.78 is 0. The monoisotopic (exact) mass is 288 g/mol. The first kappa shape index (κ1) is 16.0. The summed E-state index contributed by atoms with van der Waals surface area (Å²) in [5.41, 5.74) is 1.06. The molecule has 21 heavy (non-hydrogen) atoms. The molecule has 0 bridgehead atoms. The van der Waals surface area contributed by atoms with Gasteiger partial charge in [-0.2, -0.15) is 0 Å². The maximum Gasteiger partial charge on any atom is 0.228 e. The van der Waals surface area contributed by atoms with Crippen molar-refractivity contribution in [2.45, 2.75) is 51.5 Å². The highest BCUT2D eigenvalue weighted by Crippen LogP contribution is 2.29. The molecule has 1 aromatic rings. The fourth-order valence-corrected chi connectivity index (χ4v) is 3.11. The number of nitrogens with one attached hydrogen (secondary N) is 2. The van der Waals surface area contributed by atoms with Gasteiger partial charge in [0.05, 0.1) is 5.92 Å². The van der Waals surface area contributed by atoms with Crippen LogP contribution in [-0.2, 0) is 4.79 Å². The minimum Gasteiger partial charge on any atom is -0.350 e. The molecule has 1 aliphatic heterocycles. The molecule has 0 spiro atoms. The lowest BCUT2D eigenvalue weighted by Gasteiger charge is -2.37. The van der Waals surface area contributed by atoms with Gasteiger partial charge in [-0.1, -0.05) is 50.6 Å². The van der Waals surface area contributed by atoms with Crippen LogP contribution in [0.1, 0.15) is 51.5 Å². The molecule has 0 radical (unpaired) electrons. The van der Waals surface area contributed by atoms with E-state index in [1.54, 1.807) is 0 Å². The molecule has 0 aromatic heterocycles. The number of benzene rings is 1. The maximum atomic E-state index is 12.9. The number of piperidine rings is 1. The summed E-state index contributed by atoms with van der Waals surface area (Å²) in [5.74, 6) is 0.473. The molecule has 0 saturated carbocycles. The zero-order valence-electron chi connectivity index (χ0n) is 13.5. The molecule has 1 amide bonds. The standard InChI is InChI=1S/C18H28N2O/c1-4-14(2)16(15-8-6-5-7-9-15)17(21)20-18(3)10-12-19-13-11-18/h5-9,14,16,19H,4,10-13H2,1-3H3,(H,20,21). The number of hydrogen-bond donors (Lipinski definition) is 2. The van der Waals surface area contributed by atoms with Gasteiger partial charge < -0.3 is 10.6 Å². The maximum absolute atomic E-state index is 12.9. The van der Waals surface area contributed by atoms with Gasteiger partial charge in [-0.3, -0.25) is 4.79 Å². The van der Waals surface area contributed by atoms with Crippen molar-refractivity contribution in [2.75, 3.05) is 13.1 Å². The fourth-order valence-electron chi connectivity index (χ4n) is 3.11. The molecule has 2 atom stereocenters. The van der Waals surface area contributed by atoms with Crippen molar-refractivity contribution < 1.29 is 4.79 Å². The van der Waals surface area contributed by atoms with Crippen molar-refractivity contribution in [2.24, 2.45) is 5.92 Å². The Hall–Kier alpha value is -1.35. The number of carbonyl (C=O) groups is 1. The van der Waals surface area contributed by atoms with E-state index in [-0.39, 0.29) is 17.4 Å². The second kappa shape index (κ2) is 7.08. The molecule has 3 nitrogen and oxygen atoms in total. The Balaban J connectivity index is 2.15. The fraction of sp³-hybridized carbons (Fsp3) is 0.611. The normalized spacial score (nSPS) is 20.5. The van der Waals surface area contributed by atoms with E-state index < -0.39 is 0 Å². The van der Waals surface area contributed by atoms with E-state index >= 15 is 0 Å². The highest BCUT2D eigenvalue weighted by Gasteiger charge is 2.33. The largest absolute Gasteiger partial charge is 0.350 e. The lowest BCUT2D eigenvalue weighted by atomic mass is 9.83. The summed E-state index contributed by atoms with van der Waals surface area (Å²) in [6, 6.07) is 10.2. The molecule has 2 unspecified atom stereocenters. The first-order valence-corrected chi connectivity index (χ1v) is 8.13. The van der Waals surface area contributed by atoms with Crippen molar-refractivity contribution in [3.05, 3.63) is 35.9 Å². The first-order chi connectivity index (χ1) is 10.1. The molecule has 2 rings (SSSR count). The summed E-state index contributed by atoms with van der Waals surface area (Å²) >= 11 is 0. The quantitative estimate of drug-likeness (QED) is 0.874. The van der Waals surface area contributed by atoms with Gasteiger partial charge in [0, 0.05) is 5.54 Å². The number of amides is 1. The van der Waals surface area contributed by atoms with Gasteiger partial charge in [0.2, 0.25) is 5.91 Å². The Morgan fingerprint density at radius 3 is 2.48 bits per heavy atom. The van der Waals surface area contributed by atoms with Crippen LogP contribution in [0.25, 0.3) is 0 Å². The average Bonchev–Trinajstić information content (AvgIpc) is 2.48. The van der Waals surface area contributed by atoms with Crippen molar-refractivity contribution in [3.63, 3.8) is 0 Å². The molecule has 1 fully saturated rings. The minimum atomic E-state index is -0.0666. The van der Waals surface area contributed by atoms with Crippen molar-refractivity contribution >= 4 is 5.91 Å². The molecule has 1 aliphatic rings. The molecule has 3 heteroatoms. The highest BCUT2D eigenvalue weighted by atomic mass is 16.2. The smallest absolute Gasteiger partial charge is 0.228 e. The Kier molecular flexibility index (Phi) is 5.40. The van der Waals surface area contributed by atoms with Crippen LogP contribution in [0.3, 0.4) is 0 Å². The van der Waals surface area contributed by atoms with Gasteiger partial charge in [0.1, 0.15) is 0 Å². The van der Waals surface area contributed by atoms with E-state index in [2.05, 4.69) is 43.5 Å². The van der Waals surface area contributed by atoms with Gasteiger partial charge >= 0.3 is 0 Å². The molecule has 2 N–H and O–H groups in total. The number of rotatable bonds is 5. The van der Waals surface area contributed by atoms with Crippen molar-refractivity contribution in [3.8, 4) is 0 Å². The van der Waals surface area contributed by atoms with Crippen LogP contribution in [0.15, 0.2) is 30.3 Å². The van der Waals surface area contributed by atoms with E-state index in [0.29, 0.717) is 5.92 Å². The molecular weight excluding hydrogens is 260 g/mol. The molecule has 1 aromatic carbocycles. The lowest BCUT2D eigenvalue weighted by molar-refractivity contribution is -0.125. The second-order valence-corrected chi connectivity index (χ2v) is 6.57. The predicted molar refractivity (Wildman–Crippen MR) is 87.3 cm³/mol. The Bertz CT molecular complexity index is 452. The third-order valence-electron chi connectivity index (χ3n) is 4.79. The van der Waals surface area contributed by atoms with Crippen LogP contribution in [-0.4, -0.2) is 24.5 Å². The molecule has 1 heterocycles. The molecular formula is C18H28N2O. The van der Waals surface area contributed by atoms with E-state index in [1.807, 2.05) is 18.2 Å². The topological polar surface area (TPSA) is 41.1 Å². The van der Waals surface area contributed by atoms with Gasteiger partial charge in [-0.15, -0.1) is 0 Å². The molecule has 116 valence electrons. The molecule has 1 saturated heterocycles. The average molecular weight is 288 g/mol. The summed E-state index contributed by atoms with van der Waals surface area (Å²) in [4.78, 5) is 12.9. The summed E-state index contributed by atoms with van der Waals surface area (Å²) in [5, 5.41) is 6.69. The minimum absolute atomic E-state index is 0.0529. The Morgan fingerprint density at radius 2 is 1.90 bits per heavy atom. The summed E-state index contributed by atoms with van der Waals surface area (Å²) in [7, 11) is 0. The van der Waals surface area contributed by atoms with Gasteiger partial charge in [-0.05, 0) is 44.3 Å². The molecule has 0 aliphatic carbocycles. The van der Waals surface area contributed by atoms with Crippen LogP contribution in [0, 0.1) is 5.92 Å². The third-order valence-corrected chi connectivity index (χ3v) is 4.79. The van der Waals surface area contributed by atoms with Crippen molar-refractivity contribution in [1.82, 2.24) is 10.6 Å². The SMILES string of the molecule is CCC(C)C(C(=O)NC1(C)CCNCC1)c1ccccc1. The van der Waals surface area contributed by atoms with E-state index in [1.165, 1.54) is 0 Å². The first-order valence-electron chi connectivity index (χ1n) is 8.13.